The Labute approximate surface area is 160 Å². The van der Waals surface area contributed by atoms with Crippen molar-refractivity contribution in [3.8, 4) is 6.07 Å². The summed E-state index contributed by atoms with van der Waals surface area (Å²) in [5.41, 5.74) is 0.673. The number of carbonyl (C=O) groups is 2. The molecule has 0 saturated heterocycles. The van der Waals surface area contributed by atoms with E-state index in [2.05, 4.69) is 15.4 Å². The summed E-state index contributed by atoms with van der Waals surface area (Å²) in [7, 11) is 1.24. The number of halogens is 2. The molecule has 0 aliphatic rings. The molecule has 6 nitrogen and oxygen atoms in total. The molecule has 0 heterocycles. The van der Waals surface area contributed by atoms with Crippen LogP contribution in [-0.2, 0) is 9.53 Å². The fourth-order valence-electron chi connectivity index (χ4n) is 1.97. The average Bonchev–Trinajstić information content (AvgIpc) is 2.63. The van der Waals surface area contributed by atoms with Gasteiger partial charge in [-0.25, -0.2) is 4.79 Å². The molecule has 0 aliphatic heterocycles. The first-order chi connectivity index (χ1) is 12.5. The summed E-state index contributed by atoms with van der Waals surface area (Å²) in [5, 5.41) is 15.3. The Bertz CT molecular complexity index is 920. The van der Waals surface area contributed by atoms with Gasteiger partial charge in [0.05, 0.1) is 29.1 Å². The van der Waals surface area contributed by atoms with Gasteiger partial charge >= 0.3 is 5.97 Å². The number of rotatable bonds is 5. The molecule has 132 valence electrons. The number of hydrogen-bond donors (Lipinski definition) is 2. The first-order valence-corrected chi connectivity index (χ1v) is 8.02. The maximum absolute atomic E-state index is 12.3. The number of nitrogens with zero attached hydrogens (tertiary/aromatic N) is 1. The summed E-state index contributed by atoms with van der Waals surface area (Å²) in [6.45, 7) is 0. The molecular weight excluding hydrogens is 377 g/mol. The fourth-order valence-corrected chi connectivity index (χ4v) is 2.44. The number of nitriles is 1. The second-order valence-corrected chi connectivity index (χ2v) is 5.77. The van der Waals surface area contributed by atoms with Crippen LogP contribution in [0, 0.1) is 11.3 Å². The van der Waals surface area contributed by atoms with Gasteiger partial charge in [-0.2, -0.15) is 5.26 Å². The van der Waals surface area contributed by atoms with Crippen LogP contribution in [0.15, 0.2) is 54.2 Å². The summed E-state index contributed by atoms with van der Waals surface area (Å²) in [5.74, 6) is -1.30. The highest BCUT2D eigenvalue weighted by Gasteiger charge is 2.15. The lowest BCUT2D eigenvalue weighted by Crippen LogP contribution is -2.17. The number of ether oxygens (including phenoxy) is 1. The number of hydrogen-bond acceptors (Lipinski definition) is 5. The van der Waals surface area contributed by atoms with Crippen LogP contribution in [0.5, 0.6) is 0 Å². The third-order valence-electron chi connectivity index (χ3n) is 3.25. The average molecular weight is 390 g/mol. The van der Waals surface area contributed by atoms with E-state index < -0.39 is 11.9 Å². The van der Waals surface area contributed by atoms with E-state index >= 15 is 0 Å². The molecule has 0 atom stereocenters. The van der Waals surface area contributed by atoms with Gasteiger partial charge in [0.15, 0.2) is 0 Å². The van der Waals surface area contributed by atoms with Crippen molar-refractivity contribution in [2.75, 3.05) is 17.7 Å². The standard InChI is InChI=1S/C18H13Cl2N3O3/c1-26-18(25)13-4-2-3-5-15(13)23-17(24)11(9-21)10-22-16-7-6-12(19)8-14(16)20/h2-8,10,22H,1H3,(H,23,24)/b11-10-. The second-order valence-electron chi connectivity index (χ2n) is 4.93. The van der Waals surface area contributed by atoms with Crippen LogP contribution in [0.25, 0.3) is 0 Å². The Morgan fingerprint density at radius 1 is 1.15 bits per heavy atom. The summed E-state index contributed by atoms with van der Waals surface area (Å²) in [6.07, 6.45) is 1.21. The third kappa shape index (κ3) is 4.76. The number of amides is 1. The lowest BCUT2D eigenvalue weighted by atomic mass is 10.1. The van der Waals surface area contributed by atoms with E-state index in [1.807, 2.05) is 0 Å². The number of nitrogens with one attached hydrogen (secondary N) is 2. The molecule has 2 aromatic carbocycles. The van der Waals surface area contributed by atoms with Gasteiger partial charge < -0.3 is 15.4 Å². The number of esters is 1. The van der Waals surface area contributed by atoms with E-state index in [0.29, 0.717) is 15.7 Å². The molecule has 1 amide bonds. The lowest BCUT2D eigenvalue weighted by molar-refractivity contribution is -0.112. The van der Waals surface area contributed by atoms with Crippen LogP contribution in [0.1, 0.15) is 10.4 Å². The summed E-state index contributed by atoms with van der Waals surface area (Å²) < 4.78 is 4.67. The van der Waals surface area contributed by atoms with E-state index in [1.165, 1.54) is 31.5 Å². The lowest BCUT2D eigenvalue weighted by Gasteiger charge is -2.09. The zero-order valence-electron chi connectivity index (χ0n) is 13.5. The van der Waals surface area contributed by atoms with Crippen molar-refractivity contribution in [3.63, 3.8) is 0 Å². The van der Waals surface area contributed by atoms with E-state index in [1.54, 1.807) is 30.3 Å². The van der Waals surface area contributed by atoms with Gasteiger partial charge in [-0.1, -0.05) is 35.3 Å². The molecular formula is C18H13Cl2N3O3. The topological polar surface area (TPSA) is 91.2 Å². The van der Waals surface area contributed by atoms with Crippen molar-refractivity contribution in [1.29, 1.82) is 5.26 Å². The van der Waals surface area contributed by atoms with Gasteiger partial charge in [0, 0.05) is 11.2 Å². The van der Waals surface area contributed by atoms with Crippen LogP contribution in [0.2, 0.25) is 10.0 Å². The third-order valence-corrected chi connectivity index (χ3v) is 3.80. The Morgan fingerprint density at radius 3 is 2.54 bits per heavy atom. The number of methoxy groups -OCH3 is 1. The Balaban J connectivity index is 2.19. The molecule has 8 heteroatoms. The van der Waals surface area contributed by atoms with Crippen molar-refractivity contribution in [3.05, 3.63) is 69.8 Å². The molecule has 0 aromatic heterocycles. The van der Waals surface area contributed by atoms with Crippen LogP contribution >= 0.6 is 23.2 Å². The highest BCUT2D eigenvalue weighted by Crippen LogP contribution is 2.25. The van der Waals surface area contributed by atoms with E-state index in [0.717, 1.165) is 0 Å². The van der Waals surface area contributed by atoms with Crippen LogP contribution in [0.3, 0.4) is 0 Å². The van der Waals surface area contributed by atoms with E-state index in [4.69, 9.17) is 23.2 Å². The van der Waals surface area contributed by atoms with Crippen molar-refractivity contribution in [1.82, 2.24) is 0 Å². The Kier molecular flexibility index (Phi) is 6.61. The normalized spacial score (nSPS) is 10.6. The quantitative estimate of drug-likeness (QED) is 0.453. The van der Waals surface area contributed by atoms with Crippen molar-refractivity contribution in [2.24, 2.45) is 0 Å². The molecule has 0 spiro atoms. The van der Waals surface area contributed by atoms with Gasteiger partial charge in [-0.15, -0.1) is 0 Å². The fraction of sp³-hybridized carbons (Fsp3) is 0.0556. The van der Waals surface area contributed by atoms with Gasteiger partial charge in [-0.05, 0) is 30.3 Å². The second kappa shape index (κ2) is 8.90. The van der Waals surface area contributed by atoms with Gasteiger partial charge in [0.25, 0.3) is 5.91 Å². The number of benzene rings is 2. The van der Waals surface area contributed by atoms with Gasteiger partial charge in [-0.3, -0.25) is 4.79 Å². The van der Waals surface area contributed by atoms with E-state index in [9.17, 15) is 14.9 Å². The van der Waals surface area contributed by atoms with Gasteiger partial charge in [0.2, 0.25) is 0 Å². The maximum atomic E-state index is 12.3. The summed E-state index contributed by atoms with van der Waals surface area (Å²) in [4.78, 5) is 24.1. The van der Waals surface area contributed by atoms with Crippen molar-refractivity contribution in [2.45, 2.75) is 0 Å². The number of anilines is 2. The van der Waals surface area contributed by atoms with Crippen LogP contribution in [0.4, 0.5) is 11.4 Å². The Morgan fingerprint density at radius 2 is 1.88 bits per heavy atom. The molecule has 0 radical (unpaired) electrons. The van der Waals surface area contributed by atoms with Gasteiger partial charge in [0.1, 0.15) is 11.6 Å². The first-order valence-electron chi connectivity index (χ1n) is 7.26. The van der Waals surface area contributed by atoms with Crippen LogP contribution < -0.4 is 10.6 Å². The summed E-state index contributed by atoms with van der Waals surface area (Å²) >= 11 is 11.8. The Hall–Kier alpha value is -3.01. The monoisotopic (exact) mass is 389 g/mol. The number of para-hydroxylation sites is 1. The zero-order chi connectivity index (χ0) is 19.1. The van der Waals surface area contributed by atoms with Crippen LogP contribution in [-0.4, -0.2) is 19.0 Å². The predicted molar refractivity (Wildman–Crippen MR) is 100 cm³/mol. The molecule has 0 fully saturated rings. The zero-order valence-corrected chi connectivity index (χ0v) is 15.1. The summed E-state index contributed by atoms with van der Waals surface area (Å²) in [6, 6.07) is 12.8. The largest absolute Gasteiger partial charge is 0.465 e. The molecule has 2 aromatic rings. The SMILES string of the molecule is COC(=O)c1ccccc1NC(=O)/C(C#N)=C\Nc1ccc(Cl)cc1Cl. The molecule has 2 rings (SSSR count). The number of carbonyl (C=O) groups excluding carboxylic acids is 2. The highest BCUT2D eigenvalue weighted by molar-refractivity contribution is 6.36. The maximum Gasteiger partial charge on any atom is 0.339 e. The smallest absolute Gasteiger partial charge is 0.339 e. The van der Waals surface area contributed by atoms with Crippen molar-refractivity contribution >= 4 is 46.5 Å². The highest BCUT2D eigenvalue weighted by atomic mass is 35.5. The minimum Gasteiger partial charge on any atom is -0.465 e. The first kappa shape index (κ1) is 19.3. The molecule has 0 saturated carbocycles. The molecule has 0 unspecified atom stereocenters. The molecule has 0 bridgehead atoms. The molecule has 0 aliphatic carbocycles. The molecule has 26 heavy (non-hydrogen) atoms. The van der Waals surface area contributed by atoms with E-state index in [-0.39, 0.29) is 16.8 Å². The minimum absolute atomic E-state index is 0.175. The van der Waals surface area contributed by atoms with Crippen molar-refractivity contribution < 1.29 is 14.3 Å². The predicted octanol–water partition coefficient (Wildman–Crippen LogP) is 4.24. The molecule has 2 N–H and O–H groups in total. The minimum atomic E-state index is -0.693.